The van der Waals surface area contributed by atoms with Crippen LogP contribution >= 0.6 is 11.3 Å². The summed E-state index contributed by atoms with van der Waals surface area (Å²) in [6.07, 6.45) is 3.46. The minimum absolute atomic E-state index is 0.171. The molecule has 2 amide bonds. The predicted octanol–water partition coefficient (Wildman–Crippen LogP) is 2.64. The van der Waals surface area contributed by atoms with Crippen molar-refractivity contribution in [2.75, 3.05) is 31.1 Å². The molecule has 3 aromatic rings. The smallest absolute Gasteiger partial charge is 0.278 e. The van der Waals surface area contributed by atoms with Gasteiger partial charge in [0.25, 0.3) is 11.8 Å². The lowest BCUT2D eigenvalue weighted by molar-refractivity contribution is -0.138. The maximum atomic E-state index is 13.4. The van der Waals surface area contributed by atoms with E-state index in [1.54, 1.807) is 12.4 Å². The topological polar surface area (TPSA) is 69.6 Å². The molecular weight excluding hydrogens is 410 g/mol. The molecule has 1 fully saturated rings. The summed E-state index contributed by atoms with van der Waals surface area (Å²) < 4.78 is 0. The Morgan fingerprint density at radius 2 is 1.55 bits per heavy atom. The van der Waals surface area contributed by atoms with Crippen LogP contribution < -0.4 is 4.90 Å². The van der Waals surface area contributed by atoms with Crippen LogP contribution in [0, 0.1) is 0 Å². The summed E-state index contributed by atoms with van der Waals surface area (Å²) in [7, 11) is 0. The molecule has 2 aliphatic rings. The normalized spacial score (nSPS) is 17.1. The average molecular weight is 432 g/mol. The van der Waals surface area contributed by atoms with Gasteiger partial charge in [-0.05, 0) is 35.7 Å². The summed E-state index contributed by atoms with van der Waals surface area (Å²) in [5, 5.41) is 1.93. The van der Waals surface area contributed by atoms with Gasteiger partial charge in [0.05, 0.1) is 17.8 Å². The molecule has 0 saturated carbocycles. The third kappa shape index (κ3) is 3.70. The Morgan fingerprint density at radius 3 is 2.19 bits per heavy atom. The second-order valence-corrected chi connectivity index (χ2v) is 8.33. The molecule has 7 nitrogen and oxygen atoms in total. The first-order chi connectivity index (χ1) is 15.2. The number of piperazine rings is 1. The number of aromatic nitrogens is 2. The SMILES string of the molecule is O=C1C(c2cccs2)=C(N2CCN(c3ccccn3)CC2)C(=O)N1Cc1ccccn1. The highest BCUT2D eigenvalue weighted by atomic mass is 32.1. The summed E-state index contributed by atoms with van der Waals surface area (Å²) in [4.78, 5) is 41.9. The fraction of sp³-hybridized carbons (Fsp3) is 0.217. The van der Waals surface area contributed by atoms with Crippen molar-refractivity contribution in [2.24, 2.45) is 0 Å². The Hall–Kier alpha value is -3.52. The molecule has 0 unspecified atom stereocenters. The lowest BCUT2D eigenvalue weighted by Crippen LogP contribution is -2.47. The molecule has 0 N–H and O–H groups in total. The maximum absolute atomic E-state index is 13.4. The zero-order valence-corrected chi connectivity index (χ0v) is 17.7. The van der Waals surface area contributed by atoms with Crippen LogP contribution in [-0.4, -0.2) is 57.8 Å². The van der Waals surface area contributed by atoms with Crippen LogP contribution in [-0.2, 0) is 16.1 Å². The molecule has 3 aromatic heterocycles. The van der Waals surface area contributed by atoms with Gasteiger partial charge in [0, 0.05) is 43.4 Å². The van der Waals surface area contributed by atoms with E-state index in [2.05, 4.69) is 14.9 Å². The highest BCUT2D eigenvalue weighted by molar-refractivity contribution is 7.11. The minimum atomic E-state index is -0.250. The van der Waals surface area contributed by atoms with Crippen molar-refractivity contribution in [3.63, 3.8) is 0 Å². The van der Waals surface area contributed by atoms with Crippen molar-refractivity contribution in [1.82, 2.24) is 19.8 Å². The highest BCUT2D eigenvalue weighted by Crippen LogP contribution is 2.35. The Balaban J connectivity index is 1.42. The van der Waals surface area contributed by atoms with Crippen molar-refractivity contribution in [1.29, 1.82) is 0 Å². The largest absolute Gasteiger partial charge is 0.363 e. The first kappa shape index (κ1) is 19.4. The summed E-state index contributed by atoms with van der Waals surface area (Å²) in [6.45, 7) is 2.94. The highest BCUT2D eigenvalue weighted by Gasteiger charge is 2.42. The fourth-order valence-electron chi connectivity index (χ4n) is 4.00. The molecule has 0 spiro atoms. The molecule has 5 heterocycles. The van der Waals surface area contributed by atoms with E-state index >= 15 is 0 Å². The Kier molecular flexibility index (Phi) is 5.21. The molecule has 8 heteroatoms. The molecule has 0 aromatic carbocycles. The van der Waals surface area contributed by atoms with Crippen molar-refractivity contribution in [2.45, 2.75) is 6.54 Å². The van der Waals surface area contributed by atoms with Gasteiger partial charge in [-0.25, -0.2) is 4.98 Å². The van der Waals surface area contributed by atoms with Gasteiger partial charge in [-0.2, -0.15) is 0 Å². The van der Waals surface area contributed by atoms with Gasteiger partial charge in [0.1, 0.15) is 11.5 Å². The van der Waals surface area contributed by atoms with E-state index in [9.17, 15) is 9.59 Å². The number of carbonyl (C=O) groups is 2. The van der Waals surface area contributed by atoms with Crippen LogP contribution in [0.1, 0.15) is 10.6 Å². The van der Waals surface area contributed by atoms with E-state index in [1.165, 1.54) is 16.2 Å². The number of thiophene rings is 1. The maximum Gasteiger partial charge on any atom is 0.278 e. The zero-order chi connectivity index (χ0) is 21.2. The number of carbonyl (C=O) groups excluding carboxylic acids is 2. The van der Waals surface area contributed by atoms with Gasteiger partial charge in [0.15, 0.2) is 0 Å². The Bertz CT molecular complexity index is 1110. The van der Waals surface area contributed by atoms with E-state index < -0.39 is 0 Å². The Morgan fingerprint density at radius 1 is 0.806 bits per heavy atom. The standard InChI is InChI=1S/C23H21N5O2S/c29-22-20(18-7-5-15-31-18)21(23(30)28(22)16-17-6-1-3-9-24-17)27-13-11-26(12-14-27)19-8-2-4-10-25-19/h1-10,15H,11-14,16H2. The first-order valence-electron chi connectivity index (χ1n) is 10.2. The van der Waals surface area contributed by atoms with Crippen molar-refractivity contribution < 1.29 is 9.59 Å². The molecule has 0 bridgehead atoms. The average Bonchev–Trinajstić information content (AvgIpc) is 3.43. The minimum Gasteiger partial charge on any atom is -0.363 e. The van der Waals surface area contributed by atoms with Gasteiger partial charge in [-0.3, -0.25) is 19.5 Å². The van der Waals surface area contributed by atoms with Crippen LogP contribution in [0.15, 0.2) is 72.0 Å². The third-order valence-corrected chi connectivity index (χ3v) is 6.41. The van der Waals surface area contributed by atoms with E-state index in [0.717, 1.165) is 23.8 Å². The molecule has 0 atom stereocenters. The van der Waals surface area contributed by atoms with Crippen LogP contribution in [0.2, 0.25) is 0 Å². The molecule has 31 heavy (non-hydrogen) atoms. The summed E-state index contributed by atoms with van der Waals surface area (Å²) in [6, 6.07) is 15.2. The number of anilines is 1. The van der Waals surface area contributed by atoms with Crippen LogP contribution in [0.25, 0.3) is 5.57 Å². The quantitative estimate of drug-likeness (QED) is 0.579. The molecule has 5 rings (SSSR count). The summed E-state index contributed by atoms with van der Waals surface area (Å²) in [5.74, 6) is 0.436. The molecule has 156 valence electrons. The molecule has 2 aliphatic heterocycles. The lowest BCUT2D eigenvalue weighted by Gasteiger charge is -2.37. The van der Waals surface area contributed by atoms with Gasteiger partial charge < -0.3 is 9.80 Å². The van der Waals surface area contributed by atoms with Crippen molar-refractivity contribution in [3.05, 3.63) is 82.6 Å². The monoisotopic (exact) mass is 431 g/mol. The summed E-state index contributed by atoms with van der Waals surface area (Å²) >= 11 is 1.48. The van der Waals surface area contributed by atoms with Gasteiger partial charge in [0.2, 0.25) is 0 Å². The van der Waals surface area contributed by atoms with Crippen LogP contribution in [0.3, 0.4) is 0 Å². The van der Waals surface area contributed by atoms with Crippen LogP contribution in [0.4, 0.5) is 5.82 Å². The van der Waals surface area contributed by atoms with Crippen molar-refractivity contribution in [3.8, 4) is 0 Å². The molecule has 0 radical (unpaired) electrons. The molecule has 1 saturated heterocycles. The van der Waals surface area contributed by atoms with E-state index in [-0.39, 0.29) is 18.4 Å². The molecule has 0 aliphatic carbocycles. The lowest BCUT2D eigenvalue weighted by atomic mass is 10.1. The first-order valence-corrected chi connectivity index (χ1v) is 11.1. The number of hydrogen-bond donors (Lipinski definition) is 0. The number of hydrogen-bond acceptors (Lipinski definition) is 7. The van der Waals surface area contributed by atoms with E-state index in [4.69, 9.17) is 0 Å². The van der Waals surface area contributed by atoms with Crippen molar-refractivity contribution >= 4 is 34.5 Å². The van der Waals surface area contributed by atoms with E-state index in [1.807, 2.05) is 58.8 Å². The number of pyridine rings is 2. The third-order valence-electron chi connectivity index (χ3n) is 5.53. The second-order valence-electron chi connectivity index (χ2n) is 7.38. The fourth-order valence-corrected chi connectivity index (χ4v) is 4.76. The second kappa shape index (κ2) is 8.31. The number of nitrogens with zero attached hydrogens (tertiary/aromatic N) is 5. The molecular formula is C23H21N5O2S. The Labute approximate surface area is 184 Å². The van der Waals surface area contributed by atoms with Crippen LogP contribution in [0.5, 0.6) is 0 Å². The van der Waals surface area contributed by atoms with Gasteiger partial charge in [-0.15, -0.1) is 11.3 Å². The zero-order valence-electron chi connectivity index (χ0n) is 16.8. The summed E-state index contributed by atoms with van der Waals surface area (Å²) in [5.41, 5.74) is 1.70. The van der Waals surface area contributed by atoms with Gasteiger partial charge >= 0.3 is 0 Å². The number of rotatable bonds is 5. The van der Waals surface area contributed by atoms with E-state index in [0.29, 0.717) is 30.1 Å². The van der Waals surface area contributed by atoms with Gasteiger partial charge in [-0.1, -0.05) is 18.2 Å². The number of imide groups is 1. The predicted molar refractivity (Wildman–Crippen MR) is 119 cm³/mol. The number of amides is 2.